The number of aliphatic hydroxyl groups excluding tert-OH is 1. The van der Waals surface area contributed by atoms with Crippen LogP contribution in [0.15, 0.2) is 35.5 Å². The van der Waals surface area contributed by atoms with Crippen molar-refractivity contribution >= 4 is 38.3 Å². The van der Waals surface area contributed by atoms with Crippen molar-refractivity contribution in [2.24, 2.45) is 0 Å². The Morgan fingerprint density at radius 1 is 1.40 bits per heavy atom. The molecule has 1 atom stereocenters. The van der Waals surface area contributed by atoms with E-state index in [9.17, 15) is 13.2 Å². The quantitative estimate of drug-likeness (QED) is 0.806. The first-order valence-electron chi connectivity index (χ1n) is 7.86. The zero-order valence-corrected chi connectivity index (χ0v) is 14.9. The Morgan fingerprint density at radius 3 is 2.96 bits per heavy atom. The first kappa shape index (κ1) is 18.1. The molecular formula is C16H18ClN3O4S. The van der Waals surface area contributed by atoms with Gasteiger partial charge in [0.05, 0.1) is 16.5 Å². The van der Waals surface area contributed by atoms with E-state index in [1.54, 1.807) is 18.3 Å². The lowest BCUT2D eigenvalue weighted by molar-refractivity contribution is -0.122. The van der Waals surface area contributed by atoms with Crippen LogP contribution in [0.3, 0.4) is 0 Å². The highest BCUT2D eigenvalue weighted by molar-refractivity contribution is 7.89. The molecule has 1 unspecified atom stereocenters. The Labute approximate surface area is 150 Å². The van der Waals surface area contributed by atoms with Gasteiger partial charge in [-0.1, -0.05) is 23.7 Å². The summed E-state index contributed by atoms with van der Waals surface area (Å²) < 4.78 is 27.5. The largest absolute Gasteiger partial charge is 0.396 e. The van der Waals surface area contributed by atoms with Crippen LogP contribution in [-0.4, -0.2) is 54.5 Å². The topological polar surface area (TPSA) is 99.6 Å². The van der Waals surface area contributed by atoms with Crippen LogP contribution in [0, 0.1) is 0 Å². The predicted molar refractivity (Wildman–Crippen MR) is 93.8 cm³/mol. The molecule has 1 amide bonds. The highest BCUT2D eigenvalue weighted by Crippen LogP contribution is 2.32. The third kappa shape index (κ3) is 3.62. The van der Waals surface area contributed by atoms with Crippen molar-refractivity contribution in [2.45, 2.75) is 23.8 Å². The first-order valence-corrected chi connectivity index (χ1v) is 9.68. The van der Waals surface area contributed by atoms with Gasteiger partial charge in [-0.25, -0.2) is 8.42 Å². The van der Waals surface area contributed by atoms with E-state index in [0.717, 1.165) is 0 Å². The van der Waals surface area contributed by atoms with Gasteiger partial charge >= 0.3 is 0 Å². The number of aromatic nitrogens is 1. The highest BCUT2D eigenvalue weighted by atomic mass is 35.5. The molecule has 2 aromatic rings. The number of hydrogen-bond donors (Lipinski definition) is 2. The van der Waals surface area contributed by atoms with Crippen LogP contribution in [0.2, 0.25) is 5.02 Å². The normalized spacial score (nSPS) is 18.6. The molecule has 0 spiro atoms. The monoisotopic (exact) mass is 383 g/mol. The highest BCUT2D eigenvalue weighted by Gasteiger charge is 2.34. The first-order chi connectivity index (χ1) is 11.9. The van der Waals surface area contributed by atoms with E-state index in [1.165, 1.54) is 16.6 Å². The maximum Gasteiger partial charge on any atom is 0.243 e. The smallest absolute Gasteiger partial charge is 0.243 e. The van der Waals surface area contributed by atoms with Gasteiger partial charge in [-0.2, -0.15) is 4.31 Å². The van der Waals surface area contributed by atoms with Gasteiger partial charge in [0.15, 0.2) is 0 Å². The summed E-state index contributed by atoms with van der Waals surface area (Å²) in [7, 11) is -3.75. The van der Waals surface area contributed by atoms with Crippen molar-refractivity contribution in [2.75, 3.05) is 19.7 Å². The number of aliphatic hydroxyl groups is 1. The van der Waals surface area contributed by atoms with Crippen LogP contribution in [0.5, 0.6) is 0 Å². The summed E-state index contributed by atoms with van der Waals surface area (Å²) in [5.41, 5.74) is 0. The zero-order valence-electron chi connectivity index (χ0n) is 13.4. The number of halogens is 1. The van der Waals surface area contributed by atoms with E-state index in [0.29, 0.717) is 23.7 Å². The Kier molecular flexibility index (Phi) is 5.24. The number of fused-ring (bicyclic) bond motifs is 1. The fraction of sp³-hybridized carbons (Fsp3) is 0.375. The molecular weight excluding hydrogens is 366 g/mol. The van der Waals surface area contributed by atoms with Crippen molar-refractivity contribution < 1.29 is 18.3 Å². The number of amides is 1. The standard InChI is InChI=1S/C16H18ClN3O4S/c17-13-9-18-8-11-2-1-3-14(16(11)13)25(23,24)20-6-4-12(10-20)19-15(22)5-7-21/h1-3,8-9,12,21H,4-7,10H2,(H,19,22). The third-order valence-corrected chi connectivity index (χ3v) is 6.37. The average molecular weight is 384 g/mol. The molecule has 134 valence electrons. The molecule has 0 bridgehead atoms. The van der Waals surface area contributed by atoms with Gasteiger partial charge in [-0.3, -0.25) is 9.78 Å². The summed E-state index contributed by atoms with van der Waals surface area (Å²) >= 11 is 6.18. The second-order valence-electron chi connectivity index (χ2n) is 5.87. The molecule has 9 heteroatoms. The molecule has 2 heterocycles. The van der Waals surface area contributed by atoms with Crippen molar-refractivity contribution in [1.29, 1.82) is 0 Å². The molecule has 25 heavy (non-hydrogen) atoms. The number of hydrogen-bond acceptors (Lipinski definition) is 5. The van der Waals surface area contributed by atoms with Crippen LogP contribution >= 0.6 is 11.6 Å². The summed E-state index contributed by atoms with van der Waals surface area (Å²) in [5, 5.41) is 12.9. The number of pyridine rings is 1. The minimum atomic E-state index is -3.75. The maximum absolute atomic E-state index is 13.1. The van der Waals surface area contributed by atoms with E-state index in [4.69, 9.17) is 16.7 Å². The average Bonchev–Trinajstić information content (AvgIpc) is 3.04. The van der Waals surface area contributed by atoms with Gasteiger partial charge in [-0.05, 0) is 12.5 Å². The second-order valence-corrected chi connectivity index (χ2v) is 8.18. The minimum Gasteiger partial charge on any atom is -0.396 e. The summed E-state index contributed by atoms with van der Waals surface area (Å²) in [5.74, 6) is -0.286. The lowest BCUT2D eigenvalue weighted by Gasteiger charge is -2.18. The Balaban J connectivity index is 1.87. The fourth-order valence-corrected chi connectivity index (χ4v) is 5.04. The van der Waals surface area contributed by atoms with Gasteiger partial charge in [0.1, 0.15) is 0 Å². The van der Waals surface area contributed by atoms with Crippen molar-refractivity contribution in [3.63, 3.8) is 0 Å². The molecule has 1 fully saturated rings. The number of carbonyl (C=O) groups excluding carboxylic acids is 1. The number of nitrogens with one attached hydrogen (secondary N) is 1. The van der Waals surface area contributed by atoms with E-state index in [2.05, 4.69) is 10.3 Å². The Bertz CT molecular complexity index is 898. The van der Waals surface area contributed by atoms with Crippen LogP contribution in [0.4, 0.5) is 0 Å². The molecule has 0 radical (unpaired) electrons. The summed E-state index contributed by atoms with van der Waals surface area (Å²) in [6.45, 7) is 0.271. The molecule has 0 saturated carbocycles. The van der Waals surface area contributed by atoms with E-state index >= 15 is 0 Å². The van der Waals surface area contributed by atoms with Gasteiger partial charge in [-0.15, -0.1) is 0 Å². The summed E-state index contributed by atoms with van der Waals surface area (Å²) in [6, 6.07) is 4.68. The number of benzene rings is 1. The number of carbonyl (C=O) groups is 1. The van der Waals surface area contributed by atoms with Crippen LogP contribution in [0.1, 0.15) is 12.8 Å². The van der Waals surface area contributed by atoms with Gasteiger partial charge < -0.3 is 10.4 Å². The second kappa shape index (κ2) is 7.25. The Morgan fingerprint density at radius 2 is 2.20 bits per heavy atom. The summed E-state index contributed by atoms with van der Waals surface area (Å²) in [6.07, 6.45) is 3.53. The molecule has 1 aromatic carbocycles. The third-order valence-electron chi connectivity index (χ3n) is 4.17. The molecule has 2 N–H and O–H groups in total. The van der Waals surface area contributed by atoms with Gasteiger partial charge in [0.2, 0.25) is 15.9 Å². The molecule has 0 aliphatic carbocycles. The van der Waals surface area contributed by atoms with Crippen molar-refractivity contribution in [3.05, 3.63) is 35.6 Å². The van der Waals surface area contributed by atoms with E-state index in [-0.39, 0.29) is 41.4 Å². The lowest BCUT2D eigenvalue weighted by atomic mass is 10.2. The van der Waals surface area contributed by atoms with E-state index < -0.39 is 10.0 Å². The summed E-state index contributed by atoms with van der Waals surface area (Å²) in [4.78, 5) is 15.7. The van der Waals surface area contributed by atoms with Crippen LogP contribution in [0.25, 0.3) is 10.8 Å². The number of sulfonamides is 1. The van der Waals surface area contributed by atoms with Gasteiger partial charge in [0, 0.05) is 48.7 Å². The number of nitrogens with zero attached hydrogens (tertiary/aromatic N) is 2. The predicted octanol–water partition coefficient (Wildman–Crippen LogP) is 1.15. The molecule has 1 aromatic heterocycles. The molecule has 1 aliphatic rings. The van der Waals surface area contributed by atoms with Crippen molar-refractivity contribution in [3.8, 4) is 0 Å². The molecule has 3 rings (SSSR count). The van der Waals surface area contributed by atoms with Gasteiger partial charge in [0.25, 0.3) is 0 Å². The molecule has 7 nitrogen and oxygen atoms in total. The van der Waals surface area contributed by atoms with Crippen molar-refractivity contribution in [1.82, 2.24) is 14.6 Å². The minimum absolute atomic E-state index is 0.00911. The van der Waals surface area contributed by atoms with Crippen LogP contribution < -0.4 is 5.32 Å². The molecule has 1 aliphatic heterocycles. The van der Waals surface area contributed by atoms with E-state index in [1.807, 2.05) is 0 Å². The fourth-order valence-electron chi connectivity index (χ4n) is 2.98. The lowest BCUT2D eigenvalue weighted by Crippen LogP contribution is -2.38. The zero-order chi connectivity index (χ0) is 18.0. The van der Waals surface area contributed by atoms with Crippen LogP contribution in [-0.2, 0) is 14.8 Å². The maximum atomic E-state index is 13.1. The molecule has 1 saturated heterocycles. The number of rotatable bonds is 5. The Hall–Kier alpha value is -1.74. The SMILES string of the molecule is O=C(CCO)NC1CCN(S(=O)(=O)c2cccc3cncc(Cl)c23)C1.